The number of hydrogen-bond donors (Lipinski definition) is 2. The first-order chi connectivity index (χ1) is 9.63. The fourth-order valence-electron chi connectivity index (χ4n) is 1.87. The molecule has 0 aliphatic heterocycles. The molecule has 0 radical (unpaired) electrons. The minimum absolute atomic E-state index is 0.0803. The molecule has 0 saturated carbocycles. The molecule has 0 aliphatic rings. The molecule has 104 valence electrons. The van der Waals surface area contributed by atoms with Crippen molar-refractivity contribution in [3.63, 3.8) is 0 Å². The summed E-state index contributed by atoms with van der Waals surface area (Å²) in [6.07, 6.45) is 2.48. The predicted octanol–water partition coefficient (Wildman–Crippen LogP) is 2.47. The summed E-state index contributed by atoms with van der Waals surface area (Å²) in [5.74, 6) is 0. The van der Waals surface area contributed by atoms with Gasteiger partial charge in [0.1, 0.15) is 5.69 Å². The molecule has 6 heteroatoms. The lowest BCUT2D eigenvalue weighted by molar-refractivity contribution is 0.629. The van der Waals surface area contributed by atoms with Crippen LogP contribution in [-0.4, -0.2) is 14.9 Å². The van der Waals surface area contributed by atoms with Crippen LogP contribution in [0.3, 0.4) is 0 Å². The van der Waals surface area contributed by atoms with Crippen LogP contribution in [0.5, 0.6) is 0 Å². The maximum atomic E-state index is 12.1. The van der Waals surface area contributed by atoms with Gasteiger partial charge in [-0.3, -0.25) is 9.89 Å². The van der Waals surface area contributed by atoms with Crippen molar-refractivity contribution in [2.24, 2.45) is 0 Å². The van der Waals surface area contributed by atoms with Gasteiger partial charge >= 0.3 is 0 Å². The van der Waals surface area contributed by atoms with E-state index in [0.717, 1.165) is 5.56 Å². The number of aromatic nitrogens is 3. The van der Waals surface area contributed by atoms with Crippen LogP contribution in [0.2, 0.25) is 0 Å². The van der Waals surface area contributed by atoms with Crippen LogP contribution >= 0.6 is 12.2 Å². The zero-order valence-corrected chi connectivity index (χ0v) is 12.0. The van der Waals surface area contributed by atoms with E-state index in [2.05, 4.69) is 22.2 Å². The number of H-pyrrole nitrogens is 1. The van der Waals surface area contributed by atoms with Crippen LogP contribution in [0.15, 0.2) is 47.8 Å². The average Bonchev–Trinajstić information content (AvgIpc) is 2.47. The molecule has 2 N–H and O–H groups in total. The van der Waals surface area contributed by atoms with Gasteiger partial charge in [-0.2, -0.15) is 9.77 Å². The van der Waals surface area contributed by atoms with Gasteiger partial charge in [0.2, 0.25) is 4.77 Å². The Morgan fingerprint density at radius 2 is 2.20 bits per heavy atom. The molecular formula is C14H16N4OS. The Labute approximate surface area is 122 Å². The van der Waals surface area contributed by atoms with Gasteiger partial charge in [-0.25, -0.2) is 0 Å². The highest BCUT2D eigenvalue weighted by atomic mass is 32.1. The van der Waals surface area contributed by atoms with E-state index in [0.29, 0.717) is 12.1 Å². The molecule has 2 aromatic rings. The maximum absolute atomic E-state index is 12.1. The highest BCUT2D eigenvalue weighted by Crippen LogP contribution is 2.17. The van der Waals surface area contributed by atoms with E-state index in [1.165, 1.54) is 4.68 Å². The summed E-state index contributed by atoms with van der Waals surface area (Å²) >= 11 is 5.11. The van der Waals surface area contributed by atoms with Gasteiger partial charge < -0.3 is 5.43 Å². The van der Waals surface area contributed by atoms with Gasteiger partial charge in [-0.05, 0) is 31.1 Å². The standard InChI is InChI=1S/C14H16N4OS/c1-3-7-12(11-8-5-4-6-9-11)17-18-13(19)10(2)15-16-14(18)20/h3-6,8-9,12,17H,1,7H2,2H3,(H,16,20). The number of nitrogens with zero attached hydrogens (tertiary/aromatic N) is 2. The van der Waals surface area contributed by atoms with E-state index in [1.54, 1.807) is 13.0 Å². The van der Waals surface area contributed by atoms with Crippen LogP contribution in [0.25, 0.3) is 0 Å². The van der Waals surface area contributed by atoms with Crippen LogP contribution in [0.4, 0.5) is 0 Å². The molecule has 1 unspecified atom stereocenters. The molecule has 0 spiro atoms. The van der Waals surface area contributed by atoms with Crippen molar-refractivity contribution in [1.29, 1.82) is 0 Å². The predicted molar refractivity (Wildman–Crippen MR) is 81.8 cm³/mol. The summed E-state index contributed by atoms with van der Waals surface area (Å²) < 4.78 is 1.56. The first-order valence-electron chi connectivity index (χ1n) is 6.24. The maximum Gasteiger partial charge on any atom is 0.294 e. The lowest BCUT2D eigenvalue weighted by Crippen LogP contribution is -2.34. The second-order valence-electron chi connectivity index (χ2n) is 4.37. The number of rotatable bonds is 5. The molecule has 1 atom stereocenters. The molecule has 0 saturated heterocycles. The van der Waals surface area contributed by atoms with Gasteiger partial charge in [-0.15, -0.1) is 6.58 Å². The lowest BCUT2D eigenvalue weighted by atomic mass is 10.0. The Bertz CT molecular complexity index is 705. The Hall–Kier alpha value is -2.21. The molecule has 1 aromatic heterocycles. The zero-order valence-electron chi connectivity index (χ0n) is 11.2. The molecule has 20 heavy (non-hydrogen) atoms. The summed E-state index contributed by atoms with van der Waals surface area (Å²) in [5, 5.41) is 6.49. The second kappa shape index (κ2) is 6.29. The topological polar surface area (TPSA) is 62.7 Å². The van der Waals surface area contributed by atoms with Crippen molar-refractivity contribution < 1.29 is 0 Å². The Morgan fingerprint density at radius 1 is 1.50 bits per heavy atom. The second-order valence-corrected chi connectivity index (χ2v) is 4.76. The van der Waals surface area contributed by atoms with Gasteiger partial charge in [-0.1, -0.05) is 36.4 Å². The summed E-state index contributed by atoms with van der Waals surface area (Å²) in [4.78, 5) is 12.1. The average molecular weight is 288 g/mol. The normalized spacial score (nSPS) is 11.8. The Balaban J connectivity index is 2.40. The summed E-state index contributed by atoms with van der Waals surface area (Å²) in [7, 11) is 0. The lowest BCUT2D eigenvalue weighted by Gasteiger charge is -2.20. The van der Waals surface area contributed by atoms with E-state index in [9.17, 15) is 4.79 Å². The molecule has 2 rings (SSSR count). The molecule has 1 aromatic carbocycles. The summed E-state index contributed by atoms with van der Waals surface area (Å²) in [6, 6.07) is 9.76. The van der Waals surface area contributed by atoms with E-state index in [1.807, 2.05) is 30.3 Å². The molecule has 0 aliphatic carbocycles. The van der Waals surface area contributed by atoms with Gasteiger partial charge in [0, 0.05) is 0 Å². The summed E-state index contributed by atoms with van der Waals surface area (Å²) in [5.41, 5.74) is 4.30. The van der Waals surface area contributed by atoms with Crippen molar-refractivity contribution in [2.75, 3.05) is 5.43 Å². The Morgan fingerprint density at radius 3 is 2.85 bits per heavy atom. The molecule has 0 bridgehead atoms. The molecule has 5 nitrogen and oxygen atoms in total. The Kier molecular flexibility index (Phi) is 4.47. The summed E-state index contributed by atoms with van der Waals surface area (Å²) in [6.45, 7) is 5.39. The SMILES string of the molecule is C=CCC(Nn1c(=S)[nH]nc(C)c1=O)c1ccccc1. The van der Waals surface area contributed by atoms with Gasteiger partial charge in [0.25, 0.3) is 5.56 Å². The van der Waals surface area contributed by atoms with Crippen molar-refractivity contribution in [3.8, 4) is 0 Å². The van der Waals surface area contributed by atoms with Crippen LogP contribution < -0.4 is 11.0 Å². The molecule has 0 fully saturated rings. The molecule has 1 heterocycles. The third-order valence-corrected chi connectivity index (χ3v) is 3.20. The third kappa shape index (κ3) is 3.03. The fraction of sp³-hybridized carbons (Fsp3) is 0.214. The molecule has 0 amide bonds. The number of benzene rings is 1. The fourth-order valence-corrected chi connectivity index (χ4v) is 2.05. The zero-order chi connectivity index (χ0) is 14.5. The van der Waals surface area contributed by atoms with E-state index < -0.39 is 0 Å². The smallest absolute Gasteiger partial charge is 0.294 e. The quantitative estimate of drug-likeness (QED) is 0.655. The van der Waals surface area contributed by atoms with E-state index in [-0.39, 0.29) is 16.4 Å². The van der Waals surface area contributed by atoms with E-state index >= 15 is 0 Å². The van der Waals surface area contributed by atoms with Crippen molar-refractivity contribution >= 4 is 12.2 Å². The van der Waals surface area contributed by atoms with Crippen molar-refractivity contribution in [1.82, 2.24) is 14.9 Å². The monoisotopic (exact) mass is 288 g/mol. The number of nitrogens with one attached hydrogen (secondary N) is 2. The van der Waals surface area contributed by atoms with Crippen LogP contribution in [0.1, 0.15) is 23.7 Å². The first kappa shape index (κ1) is 14.2. The minimum atomic E-state index is -0.251. The molecular weight excluding hydrogens is 272 g/mol. The minimum Gasteiger partial charge on any atom is -0.313 e. The highest BCUT2D eigenvalue weighted by molar-refractivity contribution is 7.71. The van der Waals surface area contributed by atoms with Crippen molar-refractivity contribution in [2.45, 2.75) is 19.4 Å². The van der Waals surface area contributed by atoms with Crippen molar-refractivity contribution in [3.05, 3.63) is 69.4 Å². The highest BCUT2D eigenvalue weighted by Gasteiger charge is 2.12. The van der Waals surface area contributed by atoms with Crippen LogP contribution in [-0.2, 0) is 0 Å². The first-order valence-corrected chi connectivity index (χ1v) is 6.65. The van der Waals surface area contributed by atoms with Crippen LogP contribution in [0, 0.1) is 11.7 Å². The third-order valence-electron chi connectivity index (χ3n) is 2.92. The van der Waals surface area contributed by atoms with Gasteiger partial charge in [0.05, 0.1) is 6.04 Å². The number of aromatic amines is 1. The largest absolute Gasteiger partial charge is 0.313 e. The number of hydrogen-bond acceptors (Lipinski definition) is 4. The van der Waals surface area contributed by atoms with Gasteiger partial charge in [0.15, 0.2) is 0 Å². The van der Waals surface area contributed by atoms with E-state index in [4.69, 9.17) is 12.2 Å². The number of aryl methyl sites for hydroxylation is 1.